The zero-order valence-electron chi connectivity index (χ0n) is 16.1. The molecule has 156 valence electrons. The maximum absolute atomic E-state index is 12.1. The zero-order valence-corrected chi connectivity index (χ0v) is 19.2. The van der Waals surface area contributed by atoms with Crippen molar-refractivity contribution in [1.29, 1.82) is 0 Å². The number of aliphatic imine (C=N–C) groups is 1. The van der Waals surface area contributed by atoms with Crippen molar-refractivity contribution in [1.82, 2.24) is 19.9 Å². The highest BCUT2D eigenvalue weighted by atomic mass is 127. The minimum atomic E-state index is -3.51. The minimum absolute atomic E-state index is 0. The van der Waals surface area contributed by atoms with Gasteiger partial charge in [-0.05, 0) is 29.8 Å². The van der Waals surface area contributed by atoms with Gasteiger partial charge in [0, 0.05) is 52.7 Å². The van der Waals surface area contributed by atoms with Crippen LogP contribution in [0.4, 0.5) is 0 Å². The first-order valence-corrected chi connectivity index (χ1v) is 10.2. The Bertz CT molecular complexity index is 808. The second-order valence-electron chi connectivity index (χ2n) is 5.81. The Labute approximate surface area is 183 Å². The van der Waals surface area contributed by atoms with Crippen LogP contribution in [0.1, 0.15) is 5.56 Å². The van der Waals surface area contributed by atoms with Gasteiger partial charge in [-0.15, -0.1) is 24.0 Å². The SMILES string of the molecule is CN=C(NCCn1cccc1)NCc1ccc(S(=O)(=O)NCCOC)cc1.I. The molecule has 0 radical (unpaired) electrons. The predicted octanol–water partition coefficient (Wildman–Crippen LogP) is 1.40. The average molecular weight is 521 g/mol. The molecule has 0 saturated heterocycles. The molecule has 10 heteroatoms. The molecule has 0 fully saturated rings. The number of hydrogen-bond acceptors (Lipinski definition) is 4. The van der Waals surface area contributed by atoms with Crippen molar-refractivity contribution < 1.29 is 13.2 Å². The van der Waals surface area contributed by atoms with Gasteiger partial charge in [-0.1, -0.05) is 12.1 Å². The van der Waals surface area contributed by atoms with E-state index >= 15 is 0 Å². The first-order valence-electron chi connectivity index (χ1n) is 8.68. The van der Waals surface area contributed by atoms with Gasteiger partial charge in [0.25, 0.3) is 0 Å². The third-order valence-electron chi connectivity index (χ3n) is 3.84. The van der Waals surface area contributed by atoms with E-state index in [4.69, 9.17) is 4.74 Å². The Kier molecular flexibility index (Phi) is 11.1. The van der Waals surface area contributed by atoms with E-state index in [0.717, 1.165) is 18.7 Å². The van der Waals surface area contributed by atoms with Crippen LogP contribution in [0.15, 0.2) is 58.7 Å². The van der Waals surface area contributed by atoms with Crippen molar-refractivity contribution in [3.8, 4) is 0 Å². The summed E-state index contributed by atoms with van der Waals surface area (Å²) in [5.74, 6) is 0.695. The summed E-state index contributed by atoms with van der Waals surface area (Å²) in [6.45, 7) is 2.71. The molecule has 1 aromatic carbocycles. The van der Waals surface area contributed by atoms with E-state index in [2.05, 4.69) is 24.9 Å². The topological polar surface area (TPSA) is 96.8 Å². The number of methoxy groups -OCH3 is 1. The number of nitrogens with zero attached hydrogens (tertiary/aromatic N) is 2. The molecule has 0 unspecified atom stereocenters. The summed E-state index contributed by atoms with van der Waals surface area (Å²) in [6.07, 6.45) is 4.02. The van der Waals surface area contributed by atoms with E-state index in [1.165, 1.54) is 7.11 Å². The Morgan fingerprint density at radius 3 is 2.39 bits per heavy atom. The van der Waals surface area contributed by atoms with Crippen LogP contribution in [0, 0.1) is 0 Å². The van der Waals surface area contributed by atoms with E-state index in [9.17, 15) is 8.42 Å². The number of rotatable bonds is 10. The van der Waals surface area contributed by atoms with Crippen LogP contribution in [-0.4, -0.2) is 52.8 Å². The number of hydrogen-bond donors (Lipinski definition) is 3. The zero-order chi connectivity index (χ0) is 19.5. The number of nitrogens with one attached hydrogen (secondary N) is 3. The van der Waals surface area contributed by atoms with Crippen molar-refractivity contribution in [2.45, 2.75) is 18.0 Å². The van der Waals surface area contributed by atoms with Crippen LogP contribution in [-0.2, 0) is 27.8 Å². The lowest BCUT2D eigenvalue weighted by Crippen LogP contribution is -2.38. The highest BCUT2D eigenvalue weighted by Crippen LogP contribution is 2.10. The summed E-state index contributed by atoms with van der Waals surface area (Å²) in [5, 5.41) is 6.46. The maximum atomic E-state index is 12.1. The molecular weight excluding hydrogens is 493 g/mol. The van der Waals surface area contributed by atoms with Gasteiger partial charge < -0.3 is 19.9 Å². The largest absolute Gasteiger partial charge is 0.383 e. The van der Waals surface area contributed by atoms with Gasteiger partial charge in [0.2, 0.25) is 10.0 Å². The summed E-state index contributed by atoms with van der Waals surface area (Å²) < 4.78 is 33.7. The molecule has 0 atom stereocenters. The number of benzene rings is 1. The van der Waals surface area contributed by atoms with Crippen LogP contribution >= 0.6 is 24.0 Å². The quantitative estimate of drug-likeness (QED) is 0.190. The van der Waals surface area contributed by atoms with Gasteiger partial charge in [-0.25, -0.2) is 13.1 Å². The predicted molar refractivity (Wildman–Crippen MR) is 122 cm³/mol. The maximum Gasteiger partial charge on any atom is 0.240 e. The third kappa shape index (κ3) is 8.17. The van der Waals surface area contributed by atoms with Gasteiger partial charge in [0.05, 0.1) is 11.5 Å². The molecule has 3 N–H and O–H groups in total. The lowest BCUT2D eigenvalue weighted by molar-refractivity contribution is 0.204. The lowest BCUT2D eigenvalue weighted by atomic mass is 10.2. The van der Waals surface area contributed by atoms with E-state index in [0.29, 0.717) is 19.1 Å². The number of halogens is 1. The van der Waals surface area contributed by atoms with Crippen molar-refractivity contribution >= 4 is 40.0 Å². The first-order chi connectivity index (χ1) is 13.0. The van der Waals surface area contributed by atoms with Crippen LogP contribution in [0.25, 0.3) is 0 Å². The van der Waals surface area contributed by atoms with E-state index in [1.807, 2.05) is 24.5 Å². The fourth-order valence-electron chi connectivity index (χ4n) is 2.38. The van der Waals surface area contributed by atoms with Crippen molar-refractivity contribution in [3.05, 3.63) is 54.4 Å². The second kappa shape index (κ2) is 12.8. The monoisotopic (exact) mass is 521 g/mol. The highest BCUT2D eigenvalue weighted by Gasteiger charge is 2.12. The van der Waals surface area contributed by atoms with Crippen LogP contribution in [0.3, 0.4) is 0 Å². The fourth-order valence-corrected chi connectivity index (χ4v) is 3.39. The van der Waals surface area contributed by atoms with Crippen LogP contribution in [0.5, 0.6) is 0 Å². The van der Waals surface area contributed by atoms with E-state index < -0.39 is 10.0 Å². The summed E-state index contributed by atoms with van der Waals surface area (Å²) >= 11 is 0. The standard InChI is InChI=1S/C18H27N5O3S.HI/c1-19-18(20-9-13-23-11-3-4-12-23)21-15-16-5-7-17(8-6-16)27(24,25)22-10-14-26-2;/h3-8,11-12,22H,9-10,13-15H2,1-2H3,(H2,19,20,21);1H. The summed E-state index contributed by atoms with van der Waals surface area (Å²) in [4.78, 5) is 4.42. The normalized spacial score (nSPS) is 11.7. The summed E-state index contributed by atoms with van der Waals surface area (Å²) in [7, 11) is -0.266. The molecule has 28 heavy (non-hydrogen) atoms. The highest BCUT2D eigenvalue weighted by molar-refractivity contribution is 14.0. The summed E-state index contributed by atoms with van der Waals surface area (Å²) in [6, 6.07) is 10.7. The Balaban J connectivity index is 0.00000392. The second-order valence-corrected chi connectivity index (χ2v) is 7.57. The third-order valence-corrected chi connectivity index (χ3v) is 5.32. The molecular formula is C18H28IN5O3S. The number of sulfonamides is 1. The number of aromatic nitrogens is 1. The van der Waals surface area contributed by atoms with Crippen molar-refractivity contribution in [2.75, 3.05) is 33.9 Å². The summed E-state index contributed by atoms with van der Waals surface area (Å²) in [5.41, 5.74) is 0.958. The molecule has 0 amide bonds. The van der Waals surface area contributed by atoms with E-state index in [1.54, 1.807) is 31.3 Å². The van der Waals surface area contributed by atoms with Gasteiger partial charge in [0.15, 0.2) is 5.96 Å². The molecule has 1 heterocycles. The first kappa shape index (κ1) is 24.4. The molecule has 0 bridgehead atoms. The smallest absolute Gasteiger partial charge is 0.240 e. The van der Waals surface area contributed by atoms with E-state index in [-0.39, 0.29) is 35.4 Å². The molecule has 0 spiro atoms. The molecule has 0 aliphatic carbocycles. The Morgan fingerprint density at radius 1 is 1.11 bits per heavy atom. The Hall–Kier alpha value is -1.63. The molecule has 8 nitrogen and oxygen atoms in total. The Morgan fingerprint density at radius 2 is 1.79 bits per heavy atom. The van der Waals surface area contributed by atoms with Crippen LogP contribution in [0.2, 0.25) is 0 Å². The van der Waals surface area contributed by atoms with Gasteiger partial charge >= 0.3 is 0 Å². The lowest BCUT2D eigenvalue weighted by Gasteiger charge is -2.13. The molecule has 2 aromatic rings. The molecule has 0 saturated carbocycles. The van der Waals surface area contributed by atoms with Crippen LogP contribution < -0.4 is 15.4 Å². The average Bonchev–Trinajstić information content (AvgIpc) is 3.18. The fraction of sp³-hybridized carbons (Fsp3) is 0.389. The van der Waals surface area contributed by atoms with Gasteiger partial charge in [0.1, 0.15) is 0 Å². The molecule has 0 aliphatic heterocycles. The minimum Gasteiger partial charge on any atom is -0.383 e. The molecule has 2 rings (SSSR count). The molecule has 0 aliphatic rings. The van der Waals surface area contributed by atoms with Crippen molar-refractivity contribution in [3.63, 3.8) is 0 Å². The number of ether oxygens (including phenoxy) is 1. The van der Waals surface area contributed by atoms with Gasteiger partial charge in [-0.3, -0.25) is 4.99 Å². The van der Waals surface area contributed by atoms with Crippen molar-refractivity contribution in [2.24, 2.45) is 4.99 Å². The molecule has 1 aromatic heterocycles. The number of guanidine groups is 1. The van der Waals surface area contributed by atoms with Gasteiger partial charge in [-0.2, -0.15) is 0 Å².